The number of carbonyl (C=O) groups excluding carboxylic acids is 1. The van der Waals surface area contributed by atoms with Crippen molar-refractivity contribution in [1.82, 2.24) is 20.4 Å². The van der Waals surface area contributed by atoms with Crippen LogP contribution in [-0.2, 0) is 18.3 Å². The lowest BCUT2D eigenvalue weighted by Crippen LogP contribution is -2.35. The van der Waals surface area contributed by atoms with E-state index in [1.165, 1.54) is 17.7 Å². The number of hydrogen-bond donors (Lipinski definition) is 2. The SMILES string of the molecule is Cn1ncc2c1CCCC2NCCNC(=O)C1CC1. The van der Waals surface area contributed by atoms with Crippen molar-refractivity contribution >= 4 is 5.91 Å². The Bertz CT molecular complexity index is 464. The van der Waals surface area contributed by atoms with Crippen LogP contribution in [-0.4, -0.2) is 28.8 Å². The van der Waals surface area contributed by atoms with Gasteiger partial charge in [-0.15, -0.1) is 0 Å². The Morgan fingerprint density at radius 3 is 3.05 bits per heavy atom. The Labute approximate surface area is 113 Å². The van der Waals surface area contributed by atoms with Crippen LogP contribution < -0.4 is 10.6 Å². The van der Waals surface area contributed by atoms with Gasteiger partial charge in [-0.05, 0) is 32.1 Å². The number of nitrogens with one attached hydrogen (secondary N) is 2. The van der Waals surface area contributed by atoms with Crippen molar-refractivity contribution in [2.24, 2.45) is 13.0 Å². The zero-order valence-corrected chi connectivity index (χ0v) is 11.5. The van der Waals surface area contributed by atoms with Gasteiger partial charge in [0.25, 0.3) is 0 Å². The van der Waals surface area contributed by atoms with Gasteiger partial charge in [-0.25, -0.2) is 0 Å². The maximum Gasteiger partial charge on any atom is 0.223 e. The number of amides is 1. The summed E-state index contributed by atoms with van der Waals surface area (Å²) in [5.41, 5.74) is 2.69. The first-order chi connectivity index (χ1) is 9.25. The Morgan fingerprint density at radius 2 is 2.26 bits per heavy atom. The van der Waals surface area contributed by atoms with Gasteiger partial charge in [0, 0.05) is 43.4 Å². The monoisotopic (exact) mass is 262 g/mol. The first-order valence-electron chi connectivity index (χ1n) is 7.27. The molecule has 1 aromatic heterocycles. The van der Waals surface area contributed by atoms with Gasteiger partial charge in [0.15, 0.2) is 0 Å². The van der Waals surface area contributed by atoms with E-state index in [2.05, 4.69) is 15.7 Å². The molecule has 104 valence electrons. The van der Waals surface area contributed by atoms with E-state index < -0.39 is 0 Å². The van der Waals surface area contributed by atoms with E-state index in [0.29, 0.717) is 12.0 Å². The molecular weight excluding hydrogens is 240 g/mol. The van der Waals surface area contributed by atoms with E-state index in [-0.39, 0.29) is 5.91 Å². The summed E-state index contributed by atoms with van der Waals surface area (Å²) in [6.45, 7) is 1.55. The molecule has 0 spiro atoms. The molecule has 2 aliphatic rings. The van der Waals surface area contributed by atoms with Crippen molar-refractivity contribution in [2.75, 3.05) is 13.1 Å². The molecule has 2 N–H and O–H groups in total. The summed E-state index contributed by atoms with van der Waals surface area (Å²) in [7, 11) is 2.01. The van der Waals surface area contributed by atoms with Crippen LogP contribution in [0.5, 0.6) is 0 Å². The molecule has 1 atom stereocenters. The van der Waals surface area contributed by atoms with Crippen LogP contribution >= 0.6 is 0 Å². The highest BCUT2D eigenvalue weighted by Crippen LogP contribution is 2.29. The summed E-state index contributed by atoms with van der Waals surface area (Å²) in [6, 6.07) is 0.398. The summed E-state index contributed by atoms with van der Waals surface area (Å²) < 4.78 is 1.98. The van der Waals surface area contributed by atoms with E-state index in [4.69, 9.17) is 0 Å². The predicted octanol–water partition coefficient (Wildman–Crippen LogP) is 0.913. The number of hydrogen-bond acceptors (Lipinski definition) is 3. The molecule has 5 nitrogen and oxygen atoms in total. The van der Waals surface area contributed by atoms with Crippen molar-refractivity contribution in [3.63, 3.8) is 0 Å². The molecule has 3 rings (SSSR count). The Balaban J connectivity index is 1.46. The van der Waals surface area contributed by atoms with Crippen LogP contribution in [0.1, 0.15) is 43.0 Å². The molecule has 1 fully saturated rings. The van der Waals surface area contributed by atoms with Crippen LogP contribution in [0.25, 0.3) is 0 Å². The molecule has 1 heterocycles. The second-order valence-electron chi connectivity index (χ2n) is 5.63. The molecule has 19 heavy (non-hydrogen) atoms. The van der Waals surface area contributed by atoms with Crippen LogP contribution in [0.4, 0.5) is 0 Å². The number of aromatic nitrogens is 2. The third kappa shape index (κ3) is 2.81. The van der Waals surface area contributed by atoms with E-state index in [9.17, 15) is 4.79 Å². The number of fused-ring (bicyclic) bond motifs is 1. The van der Waals surface area contributed by atoms with Crippen molar-refractivity contribution in [3.8, 4) is 0 Å². The average molecular weight is 262 g/mol. The summed E-state index contributed by atoms with van der Waals surface area (Å²) >= 11 is 0. The highest BCUT2D eigenvalue weighted by molar-refractivity contribution is 5.80. The highest BCUT2D eigenvalue weighted by Gasteiger charge is 2.29. The topological polar surface area (TPSA) is 59.0 Å². The van der Waals surface area contributed by atoms with Crippen LogP contribution in [0, 0.1) is 5.92 Å². The summed E-state index contributed by atoms with van der Waals surface area (Å²) in [5, 5.41) is 10.9. The van der Waals surface area contributed by atoms with Crippen molar-refractivity contribution in [3.05, 3.63) is 17.5 Å². The first kappa shape index (κ1) is 12.7. The van der Waals surface area contributed by atoms with Crippen molar-refractivity contribution in [1.29, 1.82) is 0 Å². The summed E-state index contributed by atoms with van der Waals surface area (Å²) in [4.78, 5) is 11.5. The van der Waals surface area contributed by atoms with E-state index in [1.54, 1.807) is 0 Å². The van der Waals surface area contributed by atoms with Gasteiger partial charge in [-0.2, -0.15) is 5.10 Å². The highest BCUT2D eigenvalue weighted by atomic mass is 16.2. The molecule has 1 amide bonds. The molecular formula is C14H22N4O. The van der Waals surface area contributed by atoms with Crippen molar-refractivity contribution < 1.29 is 4.79 Å². The lowest BCUT2D eigenvalue weighted by molar-refractivity contribution is -0.122. The van der Waals surface area contributed by atoms with Crippen LogP contribution in [0.15, 0.2) is 6.20 Å². The van der Waals surface area contributed by atoms with E-state index in [1.807, 2.05) is 17.9 Å². The van der Waals surface area contributed by atoms with Gasteiger partial charge in [0.05, 0.1) is 6.20 Å². The molecule has 0 saturated heterocycles. The standard InChI is InChI=1S/C14H22N4O/c1-18-13-4-2-3-12(11(13)9-17-18)15-7-8-16-14(19)10-5-6-10/h9-10,12,15H,2-8H2,1H3,(H,16,19). The van der Waals surface area contributed by atoms with Gasteiger partial charge in [-0.1, -0.05) is 0 Å². The molecule has 0 radical (unpaired) electrons. The Hall–Kier alpha value is -1.36. The number of rotatable bonds is 5. The lowest BCUT2D eigenvalue weighted by atomic mass is 9.93. The minimum atomic E-state index is 0.229. The van der Waals surface area contributed by atoms with Gasteiger partial charge in [0.2, 0.25) is 5.91 Å². The second kappa shape index (κ2) is 5.33. The smallest absolute Gasteiger partial charge is 0.223 e. The van der Waals surface area contributed by atoms with Gasteiger partial charge < -0.3 is 10.6 Å². The van der Waals surface area contributed by atoms with Crippen LogP contribution in [0.2, 0.25) is 0 Å². The Kier molecular flexibility index (Phi) is 3.55. The van der Waals surface area contributed by atoms with E-state index in [0.717, 1.165) is 38.8 Å². The maximum absolute atomic E-state index is 11.5. The number of aryl methyl sites for hydroxylation is 1. The molecule has 0 bridgehead atoms. The van der Waals surface area contributed by atoms with Gasteiger partial charge in [0.1, 0.15) is 0 Å². The molecule has 5 heteroatoms. The van der Waals surface area contributed by atoms with Gasteiger partial charge >= 0.3 is 0 Å². The van der Waals surface area contributed by atoms with Crippen LogP contribution in [0.3, 0.4) is 0 Å². The lowest BCUT2D eigenvalue weighted by Gasteiger charge is -2.24. The maximum atomic E-state index is 11.5. The van der Waals surface area contributed by atoms with Crippen molar-refractivity contribution in [2.45, 2.75) is 38.1 Å². The first-order valence-corrected chi connectivity index (χ1v) is 7.27. The predicted molar refractivity (Wildman–Crippen MR) is 72.6 cm³/mol. The average Bonchev–Trinajstić information content (AvgIpc) is 3.20. The number of nitrogens with zero attached hydrogens (tertiary/aromatic N) is 2. The molecule has 1 aromatic rings. The summed E-state index contributed by atoms with van der Waals surface area (Å²) in [6.07, 6.45) is 7.62. The quantitative estimate of drug-likeness (QED) is 0.776. The third-order valence-electron chi connectivity index (χ3n) is 4.14. The molecule has 0 aliphatic heterocycles. The molecule has 1 unspecified atom stereocenters. The molecule has 0 aromatic carbocycles. The minimum Gasteiger partial charge on any atom is -0.355 e. The summed E-state index contributed by atoms with van der Waals surface area (Å²) in [5.74, 6) is 0.534. The second-order valence-corrected chi connectivity index (χ2v) is 5.63. The zero-order chi connectivity index (χ0) is 13.2. The number of carbonyl (C=O) groups is 1. The minimum absolute atomic E-state index is 0.229. The normalized spacial score (nSPS) is 22.1. The van der Waals surface area contributed by atoms with E-state index >= 15 is 0 Å². The van der Waals surface area contributed by atoms with Gasteiger partial charge in [-0.3, -0.25) is 9.48 Å². The largest absolute Gasteiger partial charge is 0.355 e. The fourth-order valence-corrected chi connectivity index (χ4v) is 2.84. The molecule has 1 saturated carbocycles. The Morgan fingerprint density at radius 1 is 1.42 bits per heavy atom. The fraction of sp³-hybridized carbons (Fsp3) is 0.714. The third-order valence-corrected chi connectivity index (χ3v) is 4.14. The zero-order valence-electron chi connectivity index (χ0n) is 11.5. The fourth-order valence-electron chi connectivity index (χ4n) is 2.84. The molecule has 2 aliphatic carbocycles.